The van der Waals surface area contributed by atoms with Crippen molar-refractivity contribution in [3.8, 4) is 0 Å². The molecule has 6 heteroatoms. The molecule has 19 heavy (non-hydrogen) atoms. The molecule has 0 fully saturated rings. The van der Waals surface area contributed by atoms with Gasteiger partial charge in [0.15, 0.2) is 0 Å². The Bertz CT molecular complexity index is 535. The maximum absolute atomic E-state index is 4.50. The van der Waals surface area contributed by atoms with Gasteiger partial charge in [0.05, 0.1) is 5.69 Å². The molecule has 2 aromatic heterocycles. The molecule has 1 N–H and O–H groups in total. The van der Waals surface area contributed by atoms with Gasteiger partial charge in [0.2, 0.25) is 0 Å². The molecule has 0 saturated carbocycles. The number of aromatic nitrogens is 4. The van der Waals surface area contributed by atoms with Gasteiger partial charge in [-0.15, -0.1) is 0 Å². The van der Waals surface area contributed by atoms with Crippen molar-refractivity contribution in [3.63, 3.8) is 0 Å². The van der Waals surface area contributed by atoms with E-state index in [1.54, 1.807) is 24.3 Å². The Labute approximate surface area is 117 Å². The van der Waals surface area contributed by atoms with E-state index in [9.17, 15) is 0 Å². The van der Waals surface area contributed by atoms with Gasteiger partial charge in [-0.3, -0.25) is 4.68 Å². The number of rotatable bonds is 5. The zero-order valence-corrected chi connectivity index (χ0v) is 12.5. The summed E-state index contributed by atoms with van der Waals surface area (Å²) < 4.78 is 1.92. The molecule has 102 valence electrons. The number of nitrogens with zero attached hydrogens (tertiary/aromatic N) is 4. The van der Waals surface area contributed by atoms with Gasteiger partial charge in [-0.1, -0.05) is 13.8 Å². The molecule has 0 aliphatic carbocycles. The highest BCUT2D eigenvalue weighted by atomic mass is 32.2. The SMILES string of the molecule is Cc1nn(C)c(Sc2ccncn2)c1CNC(C)C. The molecule has 5 nitrogen and oxygen atoms in total. The fraction of sp³-hybridized carbons (Fsp3) is 0.462. The quantitative estimate of drug-likeness (QED) is 0.849. The second kappa shape index (κ2) is 6.16. The van der Waals surface area contributed by atoms with E-state index in [-0.39, 0.29) is 0 Å². The van der Waals surface area contributed by atoms with Gasteiger partial charge in [-0.2, -0.15) is 5.10 Å². The van der Waals surface area contributed by atoms with Crippen molar-refractivity contribution in [3.05, 3.63) is 29.8 Å². The van der Waals surface area contributed by atoms with E-state index in [1.807, 2.05) is 24.7 Å². The summed E-state index contributed by atoms with van der Waals surface area (Å²) in [6.07, 6.45) is 3.32. The third kappa shape index (κ3) is 3.54. The maximum Gasteiger partial charge on any atom is 0.116 e. The van der Waals surface area contributed by atoms with E-state index < -0.39 is 0 Å². The maximum atomic E-state index is 4.50. The first-order valence-corrected chi connectivity index (χ1v) is 7.09. The zero-order chi connectivity index (χ0) is 13.8. The predicted molar refractivity (Wildman–Crippen MR) is 76.1 cm³/mol. The number of hydrogen-bond donors (Lipinski definition) is 1. The topological polar surface area (TPSA) is 55.6 Å². The van der Waals surface area contributed by atoms with Gasteiger partial charge in [0.25, 0.3) is 0 Å². The molecule has 0 amide bonds. The van der Waals surface area contributed by atoms with Gasteiger partial charge < -0.3 is 5.32 Å². The first-order chi connectivity index (χ1) is 9.08. The fourth-order valence-corrected chi connectivity index (χ4v) is 2.70. The molecule has 0 saturated heterocycles. The average molecular weight is 277 g/mol. The minimum Gasteiger partial charge on any atom is -0.310 e. The van der Waals surface area contributed by atoms with Gasteiger partial charge in [-0.05, 0) is 24.8 Å². The van der Waals surface area contributed by atoms with Crippen LogP contribution in [0.5, 0.6) is 0 Å². The van der Waals surface area contributed by atoms with E-state index in [1.165, 1.54) is 5.56 Å². The summed E-state index contributed by atoms with van der Waals surface area (Å²) in [6.45, 7) is 7.15. The predicted octanol–water partition coefficient (Wildman–Crippen LogP) is 2.17. The summed E-state index contributed by atoms with van der Waals surface area (Å²) in [5.74, 6) is 0. The van der Waals surface area contributed by atoms with Crippen molar-refractivity contribution < 1.29 is 0 Å². The standard InChI is InChI=1S/C13H19N5S/c1-9(2)15-7-11-10(3)17-18(4)13(11)19-12-5-6-14-8-16-12/h5-6,8-9,15H,7H2,1-4H3. The van der Waals surface area contributed by atoms with Crippen LogP contribution in [0.25, 0.3) is 0 Å². The van der Waals surface area contributed by atoms with Crippen LogP contribution in [0.2, 0.25) is 0 Å². The summed E-state index contributed by atoms with van der Waals surface area (Å²) in [6, 6.07) is 2.36. The van der Waals surface area contributed by atoms with E-state index in [2.05, 4.69) is 34.2 Å². The summed E-state index contributed by atoms with van der Waals surface area (Å²) >= 11 is 1.62. The molecule has 0 atom stereocenters. The first kappa shape index (κ1) is 14.0. The average Bonchev–Trinajstić information content (AvgIpc) is 2.63. The van der Waals surface area contributed by atoms with Crippen molar-refractivity contribution in [2.75, 3.05) is 0 Å². The second-order valence-corrected chi connectivity index (χ2v) is 5.69. The third-order valence-corrected chi connectivity index (χ3v) is 3.89. The van der Waals surface area contributed by atoms with Crippen LogP contribution in [0.4, 0.5) is 0 Å². The van der Waals surface area contributed by atoms with Crippen LogP contribution < -0.4 is 5.32 Å². The van der Waals surface area contributed by atoms with E-state index in [0.717, 1.165) is 22.3 Å². The van der Waals surface area contributed by atoms with Crippen molar-refractivity contribution >= 4 is 11.8 Å². The molecule has 0 aliphatic heterocycles. The highest BCUT2D eigenvalue weighted by molar-refractivity contribution is 7.99. The Morgan fingerprint density at radius 3 is 2.84 bits per heavy atom. The molecule has 0 unspecified atom stereocenters. The molecule has 0 aromatic carbocycles. The van der Waals surface area contributed by atoms with Crippen molar-refractivity contribution in [1.29, 1.82) is 0 Å². The van der Waals surface area contributed by atoms with Crippen LogP contribution >= 0.6 is 11.8 Å². The lowest BCUT2D eigenvalue weighted by molar-refractivity contribution is 0.580. The smallest absolute Gasteiger partial charge is 0.116 e. The minimum atomic E-state index is 0.455. The molecule has 0 aliphatic rings. The molecular formula is C13H19N5S. The minimum absolute atomic E-state index is 0.455. The molecule has 0 radical (unpaired) electrons. The number of nitrogens with one attached hydrogen (secondary N) is 1. The number of aryl methyl sites for hydroxylation is 2. The third-order valence-electron chi connectivity index (χ3n) is 2.73. The Morgan fingerprint density at radius 1 is 1.42 bits per heavy atom. The van der Waals surface area contributed by atoms with Gasteiger partial charge in [-0.25, -0.2) is 9.97 Å². The first-order valence-electron chi connectivity index (χ1n) is 6.27. The van der Waals surface area contributed by atoms with Crippen LogP contribution in [-0.2, 0) is 13.6 Å². The fourth-order valence-electron chi connectivity index (χ4n) is 1.76. The lowest BCUT2D eigenvalue weighted by Crippen LogP contribution is -2.22. The molecule has 2 aromatic rings. The molecule has 0 bridgehead atoms. The van der Waals surface area contributed by atoms with E-state index in [4.69, 9.17) is 0 Å². The molecule has 0 spiro atoms. The Balaban J connectivity index is 2.23. The number of hydrogen-bond acceptors (Lipinski definition) is 5. The van der Waals surface area contributed by atoms with Crippen molar-refractivity contribution in [2.45, 2.75) is 43.4 Å². The normalized spacial score (nSPS) is 11.2. The summed E-state index contributed by atoms with van der Waals surface area (Å²) in [5.41, 5.74) is 2.30. The van der Waals surface area contributed by atoms with Gasteiger partial charge in [0, 0.05) is 31.4 Å². The summed E-state index contributed by atoms with van der Waals surface area (Å²) in [7, 11) is 1.97. The Hall–Kier alpha value is -1.40. The van der Waals surface area contributed by atoms with Crippen molar-refractivity contribution in [1.82, 2.24) is 25.1 Å². The van der Waals surface area contributed by atoms with Gasteiger partial charge >= 0.3 is 0 Å². The zero-order valence-electron chi connectivity index (χ0n) is 11.7. The van der Waals surface area contributed by atoms with Crippen LogP contribution in [0.15, 0.2) is 28.6 Å². The highest BCUT2D eigenvalue weighted by Crippen LogP contribution is 2.30. The van der Waals surface area contributed by atoms with Crippen LogP contribution in [0, 0.1) is 6.92 Å². The largest absolute Gasteiger partial charge is 0.310 e. The molecule has 2 heterocycles. The monoisotopic (exact) mass is 277 g/mol. The summed E-state index contributed by atoms with van der Waals surface area (Å²) in [5, 5.41) is 10.0. The Kier molecular flexibility index (Phi) is 4.55. The molecular weight excluding hydrogens is 258 g/mol. The van der Waals surface area contributed by atoms with Gasteiger partial charge in [0.1, 0.15) is 16.4 Å². The molecule has 2 rings (SSSR count). The van der Waals surface area contributed by atoms with E-state index in [0.29, 0.717) is 6.04 Å². The summed E-state index contributed by atoms with van der Waals surface area (Å²) in [4.78, 5) is 8.19. The van der Waals surface area contributed by atoms with E-state index >= 15 is 0 Å². The lowest BCUT2D eigenvalue weighted by Gasteiger charge is -2.09. The van der Waals surface area contributed by atoms with Crippen LogP contribution in [-0.4, -0.2) is 25.8 Å². The van der Waals surface area contributed by atoms with Crippen LogP contribution in [0.1, 0.15) is 25.1 Å². The second-order valence-electron chi connectivity index (χ2n) is 4.68. The Morgan fingerprint density at radius 2 is 2.21 bits per heavy atom. The lowest BCUT2D eigenvalue weighted by atomic mass is 10.2. The van der Waals surface area contributed by atoms with Crippen molar-refractivity contribution in [2.24, 2.45) is 7.05 Å². The highest BCUT2D eigenvalue weighted by Gasteiger charge is 2.15. The van der Waals surface area contributed by atoms with Crippen LogP contribution in [0.3, 0.4) is 0 Å².